The van der Waals surface area contributed by atoms with Gasteiger partial charge in [0, 0.05) is 11.5 Å². The standard InChI is InChI=1S/C23H31N.C2H6.C2H4/c1-7-10-16-23(17(4)18(5)24-6)21(9-3)19(13-8-2)20-14-11-12-15-22(20)23;2*1-2/h7-15,17-18,24H,3,16H2,1-2,4-6H3;1-2H3;1-2H2/b10-7-,13-8-;;. The molecule has 0 aliphatic heterocycles. The highest BCUT2D eigenvalue weighted by Crippen LogP contribution is 2.54. The van der Waals surface area contributed by atoms with Gasteiger partial charge in [0.05, 0.1) is 0 Å². The molecule has 1 nitrogen and oxygen atoms in total. The highest BCUT2D eigenvalue weighted by atomic mass is 14.9. The van der Waals surface area contributed by atoms with Crippen molar-refractivity contribution in [3.05, 3.63) is 91.1 Å². The van der Waals surface area contributed by atoms with Gasteiger partial charge in [-0.1, -0.05) is 82.0 Å². The zero-order chi connectivity index (χ0) is 21.7. The van der Waals surface area contributed by atoms with Crippen LogP contribution in [0.25, 0.3) is 5.57 Å². The predicted molar refractivity (Wildman–Crippen MR) is 130 cm³/mol. The number of rotatable bonds is 7. The van der Waals surface area contributed by atoms with Gasteiger partial charge < -0.3 is 5.32 Å². The van der Waals surface area contributed by atoms with Crippen LogP contribution in [0.5, 0.6) is 0 Å². The first-order valence-corrected chi connectivity index (χ1v) is 10.5. The predicted octanol–water partition coefficient (Wildman–Crippen LogP) is 7.49. The van der Waals surface area contributed by atoms with Crippen LogP contribution in [-0.4, -0.2) is 13.1 Å². The zero-order valence-corrected chi connectivity index (χ0v) is 19.2. The van der Waals surface area contributed by atoms with E-state index in [1.54, 1.807) is 0 Å². The molecule has 2 rings (SSSR count). The maximum Gasteiger partial charge on any atom is 0.0289 e. The van der Waals surface area contributed by atoms with Gasteiger partial charge in [0.1, 0.15) is 0 Å². The highest BCUT2D eigenvalue weighted by Gasteiger charge is 2.47. The molecule has 1 aromatic carbocycles. The number of fused-ring (bicyclic) bond motifs is 1. The van der Waals surface area contributed by atoms with Crippen LogP contribution < -0.4 is 5.32 Å². The molecule has 0 bridgehead atoms. The van der Waals surface area contributed by atoms with Crippen molar-refractivity contribution in [2.45, 2.75) is 59.4 Å². The van der Waals surface area contributed by atoms with Crippen LogP contribution in [-0.2, 0) is 5.41 Å². The van der Waals surface area contributed by atoms with Crippen LogP contribution >= 0.6 is 0 Å². The quantitative estimate of drug-likeness (QED) is 0.484. The minimum Gasteiger partial charge on any atom is -0.317 e. The Kier molecular flexibility index (Phi) is 12.1. The summed E-state index contributed by atoms with van der Waals surface area (Å²) in [6.07, 6.45) is 11.9. The Morgan fingerprint density at radius 1 is 1.07 bits per heavy atom. The second-order valence-electron chi connectivity index (χ2n) is 6.69. The summed E-state index contributed by atoms with van der Waals surface area (Å²) in [4.78, 5) is 0. The molecule has 0 radical (unpaired) electrons. The van der Waals surface area contributed by atoms with Crippen LogP contribution in [0.3, 0.4) is 0 Å². The van der Waals surface area contributed by atoms with E-state index < -0.39 is 0 Å². The Morgan fingerprint density at radius 2 is 1.68 bits per heavy atom. The molecule has 3 unspecified atom stereocenters. The first kappa shape index (κ1) is 25.9. The molecule has 0 aromatic heterocycles. The zero-order valence-electron chi connectivity index (χ0n) is 19.2. The lowest BCUT2D eigenvalue weighted by Gasteiger charge is -2.41. The molecule has 154 valence electrons. The van der Waals surface area contributed by atoms with Crippen LogP contribution in [0.1, 0.15) is 59.1 Å². The smallest absolute Gasteiger partial charge is 0.0289 e. The molecule has 3 atom stereocenters. The molecular formula is C27H41N. The molecule has 0 saturated heterocycles. The lowest BCUT2D eigenvalue weighted by Crippen LogP contribution is -2.44. The summed E-state index contributed by atoms with van der Waals surface area (Å²) in [5.74, 6) is 0.440. The SMILES string of the molecule is C=C.C=CC1=C(/C=C\C)c2ccccc2C1(C/C=C\C)C(C)C(C)NC.CC. The third kappa shape index (κ3) is 4.83. The topological polar surface area (TPSA) is 12.0 Å². The Labute approximate surface area is 174 Å². The van der Waals surface area contributed by atoms with Gasteiger partial charge in [-0.05, 0) is 62.4 Å². The van der Waals surface area contributed by atoms with E-state index in [9.17, 15) is 0 Å². The van der Waals surface area contributed by atoms with Crippen molar-refractivity contribution in [2.75, 3.05) is 7.05 Å². The third-order valence-electron chi connectivity index (χ3n) is 5.66. The van der Waals surface area contributed by atoms with Gasteiger partial charge in [0.15, 0.2) is 0 Å². The van der Waals surface area contributed by atoms with Crippen LogP contribution in [0.15, 0.2) is 80.0 Å². The van der Waals surface area contributed by atoms with Gasteiger partial charge in [-0.3, -0.25) is 0 Å². The minimum atomic E-state index is -0.0396. The van der Waals surface area contributed by atoms with Crippen molar-refractivity contribution < 1.29 is 0 Å². The molecule has 28 heavy (non-hydrogen) atoms. The summed E-state index contributed by atoms with van der Waals surface area (Å²) < 4.78 is 0. The molecule has 1 heteroatoms. The van der Waals surface area contributed by atoms with E-state index in [0.717, 1.165) is 6.42 Å². The van der Waals surface area contributed by atoms with E-state index in [1.165, 1.54) is 22.3 Å². The van der Waals surface area contributed by atoms with Crippen molar-refractivity contribution in [3.8, 4) is 0 Å². The van der Waals surface area contributed by atoms with E-state index in [1.807, 2.05) is 13.8 Å². The molecule has 1 aliphatic carbocycles. The second-order valence-corrected chi connectivity index (χ2v) is 6.69. The monoisotopic (exact) mass is 379 g/mol. The summed E-state index contributed by atoms with van der Waals surface area (Å²) in [6, 6.07) is 9.27. The molecule has 0 amide bonds. The second kappa shape index (κ2) is 13.1. The summed E-state index contributed by atoms with van der Waals surface area (Å²) in [5.41, 5.74) is 5.42. The normalized spacial score (nSPS) is 20.1. The van der Waals surface area contributed by atoms with E-state index in [4.69, 9.17) is 0 Å². The highest BCUT2D eigenvalue weighted by molar-refractivity contribution is 5.88. The number of allylic oxidation sites excluding steroid dienone is 7. The fourth-order valence-corrected chi connectivity index (χ4v) is 4.15. The fourth-order valence-electron chi connectivity index (χ4n) is 4.15. The van der Waals surface area contributed by atoms with Crippen molar-refractivity contribution >= 4 is 5.57 Å². The summed E-state index contributed by atoms with van der Waals surface area (Å²) in [6.45, 7) is 23.0. The van der Waals surface area contributed by atoms with E-state index >= 15 is 0 Å². The number of nitrogens with one attached hydrogen (secondary N) is 1. The molecule has 0 heterocycles. The lowest BCUT2D eigenvalue weighted by atomic mass is 9.64. The van der Waals surface area contributed by atoms with Crippen LogP contribution in [0.4, 0.5) is 0 Å². The van der Waals surface area contributed by atoms with Gasteiger partial charge in [-0.15, -0.1) is 13.2 Å². The molecule has 0 fully saturated rings. The maximum absolute atomic E-state index is 4.19. The maximum atomic E-state index is 4.19. The molecule has 0 saturated carbocycles. The Hall–Kier alpha value is -2.12. The van der Waals surface area contributed by atoms with Gasteiger partial charge >= 0.3 is 0 Å². The van der Waals surface area contributed by atoms with Gasteiger partial charge in [0.25, 0.3) is 0 Å². The number of hydrogen-bond donors (Lipinski definition) is 1. The van der Waals surface area contributed by atoms with Crippen LogP contribution in [0.2, 0.25) is 0 Å². The first-order valence-electron chi connectivity index (χ1n) is 10.5. The van der Waals surface area contributed by atoms with Crippen LogP contribution in [0, 0.1) is 5.92 Å². The van der Waals surface area contributed by atoms with E-state index in [0.29, 0.717) is 12.0 Å². The summed E-state index contributed by atoms with van der Waals surface area (Å²) in [5, 5.41) is 3.47. The lowest BCUT2D eigenvalue weighted by molar-refractivity contribution is 0.283. The first-order chi connectivity index (χ1) is 13.6. The summed E-state index contributed by atoms with van der Waals surface area (Å²) >= 11 is 0. The van der Waals surface area contributed by atoms with Crippen molar-refractivity contribution in [3.63, 3.8) is 0 Å². The van der Waals surface area contributed by atoms with Crippen molar-refractivity contribution in [1.82, 2.24) is 5.32 Å². The van der Waals surface area contributed by atoms with E-state index in [-0.39, 0.29) is 5.41 Å². The Bertz CT molecular complexity index is 692. The van der Waals surface area contributed by atoms with Crippen molar-refractivity contribution in [2.24, 2.45) is 5.92 Å². The number of hydrogen-bond acceptors (Lipinski definition) is 1. The van der Waals surface area contributed by atoms with E-state index in [2.05, 4.69) is 114 Å². The fraction of sp³-hybridized carbons (Fsp3) is 0.407. The molecular weight excluding hydrogens is 338 g/mol. The Balaban J connectivity index is 0.00000171. The van der Waals surface area contributed by atoms with Gasteiger partial charge in [0.2, 0.25) is 0 Å². The molecule has 1 aliphatic rings. The third-order valence-corrected chi connectivity index (χ3v) is 5.66. The van der Waals surface area contributed by atoms with Gasteiger partial charge in [-0.25, -0.2) is 0 Å². The van der Waals surface area contributed by atoms with Gasteiger partial charge in [-0.2, -0.15) is 0 Å². The average molecular weight is 380 g/mol. The molecule has 0 spiro atoms. The largest absolute Gasteiger partial charge is 0.317 e. The average Bonchev–Trinajstić information content (AvgIpc) is 3.04. The molecule has 1 aromatic rings. The van der Waals surface area contributed by atoms with Crippen molar-refractivity contribution in [1.29, 1.82) is 0 Å². The number of benzene rings is 1. The molecule has 1 N–H and O–H groups in total. The minimum absolute atomic E-state index is 0.0396. The summed E-state index contributed by atoms with van der Waals surface area (Å²) in [7, 11) is 2.05. The Morgan fingerprint density at radius 3 is 2.18 bits per heavy atom.